The van der Waals surface area contributed by atoms with Crippen LogP contribution in [0.25, 0.3) is 0 Å². The van der Waals surface area contributed by atoms with Crippen molar-refractivity contribution < 1.29 is 28.8 Å². The Balaban J connectivity index is 2.20. The topological polar surface area (TPSA) is 168 Å². The molecule has 0 radical (unpaired) electrons. The SMILES string of the molecule is C/C=C(/C)S/C(=C/C)C(=O)C(NC(=O)NC(C(=O)N1CCCC1C(=O)NC(CC1CC1)C(=O)C(N)=O)C(C)(C)C)C(C)C. The average Bonchev–Trinajstić information content (AvgIpc) is 3.61. The van der Waals surface area contributed by atoms with E-state index in [2.05, 4.69) is 16.0 Å². The summed E-state index contributed by atoms with van der Waals surface area (Å²) in [5.74, 6) is -3.12. The molecule has 0 spiro atoms. The van der Waals surface area contributed by atoms with Gasteiger partial charge in [0.2, 0.25) is 17.6 Å². The number of amides is 5. The second-order valence-electron chi connectivity index (χ2n) is 12.8. The summed E-state index contributed by atoms with van der Waals surface area (Å²) in [6, 6.07) is -4.39. The number of carbonyl (C=O) groups excluding carboxylic acids is 6. The Labute approximate surface area is 259 Å². The van der Waals surface area contributed by atoms with E-state index in [-0.39, 0.29) is 17.6 Å². The van der Waals surface area contributed by atoms with Crippen LogP contribution in [0.15, 0.2) is 22.0 Å². The first-order valence-corrected chi connectivity index (χ1v) is 15.9. The zero-order chi connectivity index (χ0) is 32.6. The molecular formula is C31H49N5O6S. The van der Waals surface area contributed by atoms with Gasteiger partial charge in [-0.15, -0.1) is 0 Å². The van der Waals surface area contributed by atoms with Crippen molar-refractivity contribution in [1.82, 2.24) is 20.9 Å². The minimum absolute atomic E-state index is 0.221. The van der Waals surface area contributed by atoms with Crippen LogP contribution in [-0.2, 0) is 24.0 Å². The average molecular weight is 620 g/mol. The third-order valence-electron chi connectivity index (χ3n) is 7.79. The van der Waals surface area contributed by atoms with E-state index in [1.807, 2.05) is 33.8 Å². The van der Waals surface area contributed by atoms with Crippen LogP contribution in [0.2, 0.25) is 0 Å². The highest BCUT2D eigenvalue weighted by Gasteiger charge is 2.43. The van der Waals surface area contributed by atoms with Crippen LogP contribution in [0, 0.1) is 17.3 Å². The number of Topliss-reactive ketones (excluding diaryl/α,β-unsaturated/α-hetero) is 2. The normalized spacial score (nSPS) is 19.8. The molecular weight excluding hydrogens is 570 g/mol. The molecule has 4 atom stereocenters. The molecule has 43 heavy (non-hydrogen) atoms. The second-order valence-corrected chi connectivity index (χ2v) is 14.1. The van der Waals surface area contributed by atoms with Gasteiger partial charge in [0.25, 0.3) is 5.91 Å². The maximum absolute atomic E-state index is 13.9. The third-order valence-corrected chi connectivity index (χ3v) is 9.00. The molecule has 2 aliphatic rings. The van der Waals surface area contributed by atoms with Crippen LogP contribution in [0.1, 0.15) is 87.5 Å². The molecule has 2 fully saturated rings. The molecule has 12 heteroatoms. The maximum Gasteiger partial charge on any atom is 0.316 e. The van der Waals surface area contributed by atoms with Gasteiger partial charge in [-0.05, 0) is 62.2 Å². The Morgan fingerprint density at radius 2 is 1.58 bits per heavy atom. The van der Waals surface area contributed by atoms with Crippen molar-refractivity contribution in [1.29, 1.82) is 0 Å². The lowest BCUT2D eigenvalue weighted by Crippen LogP contribution is -2.61. The van der Waals surface area contributed by atoms with Crippen molar-refractivity contribution in [3.63, 3.8) is 0 Å². The molecule has 5 amide bonds. The fourth-order valence-corrected chi connectivity index (χ4v) is 5.77. The number of ketones is 2. The fourth-order valence-electron chi connectivity index (χ4n) is 4.96. The van der Waals surface area contributed by atoms with Gasteiger partial charge in [0, 0.05) is 6.54 Å². The number of urea groups is 1. The zero-order valence-corrected chi connectivity index (χ0v) is 27.6. The van der Waals surface area contributed by atoms with Gasteiger partial charge in [0.05, 0.1) is 17.0 Å². The number of likely N-dealkylation sites (tertiary alicyclic amines) is 1. The quantitative estimate of drug-likeness (QED) is 0.171. The van der Waals surface area contributed by atoms with Crippen molar-refractivity contribution in [3.8, 4) is 0 Å². The lowest BCUT2D eigenvalue weighted by molar-refractivity contribution is -0.143. The van der Waals surface area contributed by atoms with E-state index in [1.54, 1.807) is 33.8 Å². The maximum atomic E-state index is 13.9. The molecule has 0 aromatic heterocycles. The third kappa shape index (κ3) is 10.2. The summed E-state index contributed by atoms with van der Waals surface area (Å²) >= 11 is 1.34. The molecule has 0 aromatic carbocycles. The van der Waals surface area contributed by atoms with Crippen LogP contribution < -0.4 is 21.7 Å². The molecule has 11 nitrogen and oxygen atoms in total. The van der Waals surface area contributed by atoms with E-state index in [4.69, 9.17) is 5.73 Å². The smallest absolute Gasteiger partial charge is 0.316 e. The number of hydrogen-bond acceptors (Lipinski definition) is 7. The van der Waals surface area contributed by atoms with Crippen LogP contribution in [0.3, 0.4) is 0 Å². The number of nitrogens with two attached hydrogens (primary N) is 1. The highest BCUT2D eigenvalue weighted by atomic mass is 32.2. The number of thioether (sulfide) groups is 1. The summed E-state index contributed by atoms with van der Waals surface area (Å²) in [5, 5.41) is 8.21. The van der Waals surface area contributed by atoms with Crippen molar-refractivity contribution >= 4 is 47.1 Å². The Kier molecular flexibility index (Phi) is 13.0. The first kappa shape index (κ1) is 36.0. The van der Waals surface area contributed by atoms with Crippen LogP contribution >= 0.6 is 11.8 Å². The van der Waals surface area contributed by atoms with E-state index in [0.29, 0.717) is 30.7 Å². The largest absolute Gasteiger partial charge is 0.363 e. The van der Waals surface area contributed by atoms with Gasteiger partial charge < -0.3 is 26.6 Å². The predicted octanol–water partition coefficient (Wildman–Crippen LogP) is 3.19. The molecule has 240 valence electrons. The van der Waals surface area contributed by atoms with Crippen LogP contribution in [0.5, 0.6) is 0 Å². The number of carbonyl (C=O) groups is 6. The summed E-state index contributed by atoms with van der Waals surface area (Å²) < 4.78 is 0. The molecule has 2 rings (SSSR count). The molecule has 5 N–H and O–H groups in total. The standard InChI is InChI=1S/C31H49N5O6S/c1-9-18(5)43-22(10-2)25(38)23(17(3)4)34-30(42)35-26(31(6,7)8)29(41)36-15-11-12-21(36)28(40)33-20(16-19-13-14-19)24(37)27(32)39/h9-10,17,19-21,23,26H,11-16H2,1-8H3,(H2,32,39)(H,33,40)(H2,34,35,42)/b18-9-,22-10+. The minimum Gasteiger partial charge on any atom is -0.363 e. The lowest BCUT2D eigenvalue weighted by atomic mass is 9.85. The summed E-state index contributed by atoms with van der Waals surface area (Å²) in [6.07, 6.45) is 6.73. The fraction of sp³-hybridized carbons (Fsp3) is 0.677. The Morgan fingerprint density at radius 3 is 2.07 bits per heavy atom. The number of nitrogens with one attached hydrogen (secondary N) is 3. The zero-order valence-electron chi connectivity index (χ0n) is 26.7. The van der Waals surface area contributed by atoms with E-state index in [1.165, 1.54) is 16.7 Å². The predicted molar refractivity (Wildman–Crippen MR) is 168 cm³/mol. The molecule has 0 bridgehead atoms. The number of nitrogens with zero attached hydrogens (tertiary/aromatic N) is 1. The summed E-state index contributed by atoms with van der Waals surface area (Å²) in [6.45, 7) is 14.9. The highest BCUT2D eigenvalue weighted by Crippen LogP contribution is 2.34. The first-order valence-electron chi connectivity index (χ1n) is 15.0. The second kappa shape index (κ2) is 15.5. The number of primary amides is 1. The van der Waals surface area contributed by atoms with E-state index < -0.39 is 59.1 Å². The van der Waals surface area contributed by atoms with E-state index in [9.17, 15) is 28.8 Å². The molecule has 1 aliphatic heterocycles. The lowest BCUT2D eigenvalue weighted by Gasteiger charge is -2.36. The van der Waals surface area contributed by atoms with E-state index >= 15 is 0 Å². The monoisotopic (exact) mass is 619 g/mol. The molecule has 1 saturated heterocycles. The van der Waals surface area contributed by atoms with Crippen molar-refractivity contribution in [2.75, 3.05) is 6.54 Å². The molecule has 1 saturated carbocycles. The van der Waals surface area contributed by atoms with Crippen molar-refractivity contribution in [2.45, 2.75) is 112 Å². The molecule has 0 aromatic rings. The first-order chi connectivity index (χ1) is 20.0. The number of rotatable bonds is 14. The Morgan fingerprint density at radius 1 is 0.953 bits per heavy atom. The van der Waals surface area contributed by atoms with Crippen molar-refractivity contribution in [3.05, 3.63) is 22.0 Å². The highest BCUT2D eigenvalue weighted by molar-refractivity contribution is 8.07. The minimum atomic E-state index is -1.11. The van der Waals surface area contributed by atoms with Gasteiger partial charge in [0.15, 0.2) is 5.78 Å². The van der Waals surface area contributed by atoms with Crippen molar-refractivity contribution in [2.24, 2.45) is 23.0 Å². The van der Waals surface area contributed by atoms with Gasteiger partial charge >= 0.3 is 6.03 Å². The van der Waals surface area contributed by atoms with Gasteiger partial charge in [-0.25, -0.2) is 4.79 Å². The van der Waals surface area contributed by atoms with Crippen LogP contribution in [0.4, 0.5) is 4.79 Å². The molecule has 4 unspecified atom stereocenters. The number of allylic oxidation sites excluding steroid dienone is 3. The van der Waals surface area contributed by atoms with E-state index in [0.717, 1.165) is 17.7 Å². The van der Waals surface area contributed by atoms with Gasteiger partial charge in [-0.2, -0.15) is 0 Å². The van der Waals surface area contributed by atoms with Gasteiger partial charge in [-0.1, -0.05) is 71.4 Å². The number of hydrogen-bond donors (Lipinski definition) is 4. The summed E-state index contributed by atoms with van der Waals surface area (Å²) in [5.41, 5.74) is 4.48. The van der Waals surface area contributed by atoms with Crippen LogP contribution in [-0.4, -0.2) is 70.9 Å². The molecule has 1 aliphatic carbocycles. The van der Waals surface area contributed by atoms with Gasteiger partial charge in [-0.3, -0.25) is 24.0 Å². The molecule has 1 heterocycles. The Hall–Kier alpha value is -3.15. The summed E-state index contributed by atoms with van der Waals surface area (Å²) in [7, 11) is 0. The summed E-state index contributed by atoms with van der Waals surface area (Å²) in [4.78, 5) is 80.7. The van der Waals surface area contributed by atoms with Gasteiger partial charge in [0.1, 0.15) is 12.1 Å². The Bertz CT molecular complexity index is 1150.